The van der Waals surface area contributed by atoms with Gasteiger partial charge in [0, 0.05) is 23.2 Å². The Labute approximate surface area is 151 Å². The molecular weight excluding hydrogens is 356 g/mol. The van der Waals surface area contributed by atoms with Gasteiger partial charge in [-0.3, -0.25) is 0 Å². The van der Waals surface area contributed by atoms with Crippen molar-refractivity contribution in [3.8, 4) is 17.0 Å². The van der Waals surface area contributed by atoms with Crippen LogP contribution in [0.15, 0.2) is 58.9 Å². The number of methoxy groups -OCH3 is 1. The van der Waals surface area contributed by atoms with Crippen LogP contribution in [0.5, 0.6) is 5.88 Å². The molecule has 0 aliphatic rings. The topological polar surface area (TPSA) is 68.3 Å². The first-order valence-corrected chi connectivity index (χ1v) is 10.4. The molecule has 0 bridgehead atoms. The number of nitrogens with one attached hydrogen (secondary N) is 1. The average Bonchev–Trinajstić information content (AvgIpc) is 3.12. The first-order chi connectivity index (χ1) is 12.0. The van der Waals surface area contributed by atoms with Gasteiger partial charge in [-0.1, -0.05) is 18.2 Å². The normalized spacial score (nSPS) is 11.3. The molecule has 0 unspecified atom stereocenters. The molecule has 0 radical (unpaired) electrons. The summed E-state index contributed by atoms with van der Waals surface area (Å²) in [6, 6.07) is 12.8. The number of aromatic nitrogens is 1. The molecule has 1 N–H and O–H groups in total. The molecule has 5 nitrogen and oxygen atoms in total. The van der Waals surface area contributed by atoms with E-state index >= 15 is 0 Å². The lowest BCUT2D eigenvalue weighted by molar-refractivity contribution is 0.400. The van der Waals surface area contributed by atoms with Crippen molar-refractivity contribution in [1.82, 2.24) is 4.98 Å². The zero-order chi connectivity index (χ0) is 17.9. The second-order valence-corrected chi connectivity index (χ2v) is 8.56. The van der Waals surface area contributed by atoms with Gasteiger partial charge in [-0.2, -0.15) is 0 Å². The first-order valence-electron chi connectivity index (χ1n) is 7.58. The summed E-state index contributed by atoms with van der Waals surface area (Å²) in [6.07, 6.45) is 2.92. The number of sulfone groups is 1. The van der Waals surface area contributed by atoms with Gasteiger partial charge in [0.25, 0.3) is 0 Å². The molecule has 0 amide bonds. The van der Waals surface area contributed by atoms with Crippen LogP contribution >= 0.6 is 11.3 Å². The van der Waals surface area contributed by atoms with Crippen molar-refractivity contribution in [2.75, 3.05) is 18.7 Å². The minimum Gasteiger partial charge on any atom is -0.481 e. The van der Waals surface area contributed by atoms with Gasteiger partial charge in [-0.25, -0.2) is 13.4 Å². The quantitative estimate of drug-likeness (QED) is 0.710. The third kappa shape index (κ3) is 4.18. The van der Waals surface area contributed by atoms with E-state index < -0.39 is 9.84 Å². The van der Waals surface area contributed by atoms with Crippen molar-refractivity contribution in [2.24, 2.45) is 0 Å². The monoisotopic (exact) mass is 374 g/mol. The molecule has 3 aromatic rings. The zero-order valence-electron chi connectivity index (χ0n) is 13.9. The molecule has 0 atom stereocenters. The fourth-order valence-electron chi connectivity index (χ4n) is 2.40. The van der Waals surface area contributed by atoms with Crippen LogP contribution in [0.1, 0.15) is 4.88 Å². The van der Waals surface area contributed by atoms with Gasteiger partial charge in [0.2, 0.25) is 5.88 Å². The van der Waals surface area contributed by atoms with Gasteiger partial charge in [0.1, 0.15) is 0 Å². The molecule has 7 heteroatoms. The molecule has 1 aromatic carbocycles. The van der Waals surface area contributed by atoms with Crippen LogP contribution in [0.25, 0.3) is 11.1 Å². The average molecular weight is 374 g/mol. The Morgan fingerprint density at radius 1 is 1.20 bits per heavy atom. The number of rotatable bonds is 6. The fraction of sp³-hybridized carbons (Fsp3) is 0.167. The Morgan fingerprint density at radius 2 is 1.96 bits per heavy atom. The van der Waals surface area contributed by atoms with Crippen LogP contribution in [0, 0.1) is 0 Å². The smallest absolute Gasteiger partial charge is 0.221 e. The highest BCUT2D eigenvalue weighted by Crippen LogP contribution is 2.31. The number of benzene rings is 1. The molecule has 25 heavy (non-hydrogen) atoms. The molecular formula is C18H18N2O3S2. The molecule has 130 valence electrons. The largest absolute Gasteiger partial charge is 0.481 e. The summed E-state index contributed by atoms with van der Waals surface area (Å²) in [7, 11) is -1.65. The molecule has 0 aliphatic carbocycles. The predicted octanol–water partition coefficient (Wildman–Crippen LogP) is 3.83. The maximum atomic E-state index is 11.6. The Balaban J connectivity index is 1.89. The molecule has 2 aromatic heterocycles. The molecule has 0 fully saturated rings. The standard InChI is InChI=1S/C18H18N2O3S2/c1-23-18-17(13-5-7-16(8-6-13)25(2,21)22)10-14(11-20-18)19-12-15-4-3-9-24-15/h3-11,19H,12H2,1-2H3. The van der Waals surface area contributed by atoms with Crippen LogP contribution in [0.2, 0.25) is 0 Å². The highest BCUT2D eigenvalue weighted by atomic mass is 32.2. The number of hydrogen-bond donors (Lipinski definition) is 1. The number of ether oxygens (including phenoxy) is 1. The van der Waals surface area contributed by atoms with Crippen molar-refractivity contribution >= 4 is 26.9 Å². The molecule has 0 saturated carbocycles. The molecule has 3 rings (SSSR count). The van der Waals surface area contributed by atoms with Gasteiger partial charge in [-0.15, -0.1) is 11.3 Å². The van der Waals surface area contributed by atoms with Gasteiger partial charge in [0.05, 0.1) is 23.9 Å². The summed E-state index contributed by atoms with van der Waals surface area (Å²) in [4.78, 5) is 5.86. The lowest BCUT2D eigenvalue weighted by Crippen LogP contribution is -2.00. The van der Waals surface area contributed by atoms with Crippen molar-refractivity contribution in [1.29, 1.82) is 0 Å². The summed E-state index contributed by atoms with van der Waals surface area (Å²) in [6.45, 7) is 0.720. The van der Waals surface area contributed by atoms with Crippen molar-refractivity contribution in [2.45, 2.75) is 11.4 Å². The molecule has 0 saturated heterocycles. The van der Waals surface area contributed by atoms with Crippen LogP contribution in [0.3, 0.4) is 0 Å². The lowest BCUT2D eigenvalue weighted by atomic mass is 10.1. The number of hydrogen-bond acceptors (Lipinski definition) is 6. The second-order valence-electron chi connectivity index (χ2n) is 5.51. The van der Waals surface area contributed by atoms with E-state index in [1.165, 1.54) is 11.1 Å². The van der Waals surface area contributed by atoms with Gasteiger partial charge in [-0.05, 0) is 35.2 Å². The molecule has 0 spiro atoms. The van der Waals surface area contributed by atoms with Crippen LogP contribution in [-0.2, 0) is 16.4 Å². The van der Waals surface area contributed by atoms with E-state index in [1.807, 2.05) is 17.5 Å². The SMILES string of the molecule is COc1ncc(NCc2cccs2)cc1-c1ccc(S(C)(=O)=O)cc1. The molecule has 2 heterocycles. The summed E-state index contributed by atoms with van der Waals surface area (Å²) < 4.78 is 28.6. The third-order valence-corrected chi connectivity index (χ3v) is 5.69. The van der Waals surface area contributed by atoms with Crippen molar-refractivity contribution < 1.29 is 13.2 Å². The van der Waals surface area contributed by atoms with E-state index in [0.29, 0.717) is 5.88 Å². The Morgan fingerprint density at radius 3 is 2.56 bits per heavy atom. The van der Waals surface area contributed by atoms with Crippen LogP contribution < -0.4 is 10.1 Å². The lowest BCUT2D eigenvalue weighted by Gasteiger charge is -2.11. The maximum Gasteiger partial charge on any atom is 0.221 e. The van der Waals surface area contributed by atoms with E-state index in [1.54, 1.807) is 48.9 Å². The van der Waals surface area contributed by atoms with Gasteiger partial charge >= 0.3 is 0 Å². The van der Waals surface area contributed by atoms with E-state index in [-0.39, 0.29) is 4.90 Å². The van der Waals surface area contributed by atoms with E-state index in [2.05, 4.69) is 16.4 Å². The molecule has 0 aliphatic heterocycles. The summed E-state index contributed by atoms with van der Waals surface area (Å²) in [5.74, 6) is 0.494. The van der Waals surface area contributed by atoms with Crippen molar-refractivity contribution in [3.05, 3.63) is 58.9 Å². The summed E-state index contributed by atoms with van der Waals surface area (Å²) >= 11 is 1.69. The predicted molar refractivity (Wildman–Crippen MR) is 101 cm³/mol. The second kappa shape index (κ2) is 7.25. The Bertz CT molecular complexity index is 950. The van der Waals surface area contributed by atoms with Gasteiger partial charge in [0.15, 0.2) is 9.84 Å². The highest BCUT2D eigenvalue weighted by molar-refractivity contribution is 7.90. The Hall–Kier alpha value is -2.38. The Kier molecular flexibility index (Phi) is 5.06. The summed E-state index contributed by atoms with van der Waals surface area (Å²) in [5.41, 5.74) is 2.52. The van der Waals surface area contributed by atoms with Crippen molar-refractivity contribution in [3.63, 3.8) is 0 Å². The maximum absolute atomic E-state index is 11.6. The summed E-state index contributed by atoms with van der Waals surface area (Å²) in [5, 5.41) is 5.38. The number of anilines is 1. The zero-order valence-corrected chi connectivity index (χ0v) is 15.5. The minimum atomic E-state index is -3.22. The highest BCUT2D eigenvalue weighted by Gasteiger charge is 2.11. The fourth-order valence-corrected chi connectivity index (χ4v) is 3.68. The minimum absolute atomic E-state index is 0.287. The van der Waals surface area contributed by atoms with E-state index in [0.717, 1.165) is 23.4 Å². The van der Waals surface area contributed by atoms with E-state index in [9.17, 15) is 8.42 Å². The van der Waals surface area contributed by atoms with Crippen LogP contribution in [-0.4, -0.2) is 26.8 Å². The first kappa shape index (κ1) is 17.4. The third-order valence-electron chi connectivity index (χ3n) is 3.68. The number of pyridine rings is 1. The van der Waals surface area contributed by atoms with Gasteiger partial charge < -0.3 is 10.1 Å². The number of nitrogens with zero attached hydrogens (tertiary/aromatic N) is 1. The van der Waals surface area contributed by atoms with E-state index in [4.69, 9.17) is 4.74 Å². The number of thiophene rings is 1. The van der Waals surface area contributed by atoms with Crippen LogP contribution in [0.4, 0.5) is 5.69 Å².